The van der Waals surface area contributed by atoms with Crippen LogP contribution in [-0.2, 0) is 6.54 Å². The molecule has 0 N–H and O–H groups in total. The number of nitrogens with zero attached hydrogens (tertiary/aromatic N) is 5. The van der Waals surface area contributed by atoms with E-state index >= 15 is 0 Å². The average molecular weight is 349 g/mol. The van der Waals surface area contributed by atoms with Gasteiger partial charge in [0.05, 0.1) is 23.6 Å². The van der Waals surface area contributed by atoms with E-state index in [1.165, 1.54) is 19.3 Å². The van der Waals surface area contributed by atoms with Crippen LogP contribution in [0.5, 0.6) is 0 Å². The highest BCUT2D eigenvalue weighted by molar-refractivity contribution is 5.71. The molecule has 3 heterocycles. The van der Waals surface area contributed by atoms with Gasteiger partial charge in [0.2, 0.25) is 0 Å². The highest BCUT2D eigenvalue weighted by Gasteiger charge is 2.22. The molecule has 0 bridgehead atoms. The summed E-state index contributed by atoms with van der Waals surface area (Å²) in [6.45, 7) is 4.18. The first-order chi connectivity index (χ1) is 12.6. The summed E-state index contributed by atoms with van der Waals surface area (Å²) in [6.07, 6.45) is 10.9. The minimum Gasteiger partial charge on any atom is -0.285 e. The molecule has 1 aliphatic rings. The fourth-order valence-electron chi connectivity index (χ4n) is 3.83. The van der Waals surface area contributed by atoms with Gasteiger partial charge in [0.25, 0.3) is 5.56 Å². The quantitative estimate of drug-likeness (QED) is 0.725. The lowest BCUT2D eigenvalue weighted by Gasteiger charge is -2.22. The van der Waals surface area contributed by atoms with Crippen molar-refractivity contribution in [2.45, 2.75) is 58.4 Å². The molecule has 3 aromatic heterocycles. The first-order valence-corrected chi connectivity index (χ1v) is 9.27. The van der Waals surface area contributed by atoms with Gasteiger partial charge in [-0.3, -0.25) is 24.3 Å². The van der Waals surface area contributed by atoms with Gasteiger partial charge in [0.1, 0.15) is 5.52 Å². The zero-order valence-electron chi connectivity index (χ0n) is 15.3. The van der Waals surface area contributed by atoms with Crippen LogP contribution in [0, 0.1) is 13.8 Å². The molecule has 0 saturated heterocycles. The highest BCUT2D eigenvalue weighted by Crippen LogP contribution is 2.31. The van der Waals surface area contributed by atoms with E-state index in [1.807, 2.05) is 19.9 Å². The molecule has 0 radical (unpaired) electrons. The predicted octanol–water partition coefficient (Wildman–Crippen LogP) is 3.29. The Labute approximate surface area is 152 Å². The van der Waals surface area contributed by atoms with Crippen LogP contribution in [0.1, 0.15) is 60.7 Å². The van der Waals surface area contributed by atoms with E-state index < -0.39 is 0 Å². The van der Waals surface area contributed by atoms with Gasteiger partial charge in [-0.25, -0.2) is 4.98 Å². The van der Waals surface area contributed by atoms with Gasteiger partial charge in [-0.05, 0) is 38.7 Å². The Morgan fingerprint density at radius 3 is 2.62 bits per heavy atom. The number of rotatable bonds is 3. The summed E-state index contributed by atoms with van der Waals surface area (Å²) >= 11 is 0. The third-order valence-corrected chi connectivity index (χ3v) is 5.28. The van der Waals surface area contributed by atoms with Gasteiger partial charge in [0, 0.05) is 24.2 Å². The maximum absolute atomic E-state index is 13.4. The number of aryl methyl sites for hydroxylation is 2. The van der Waals surface area contributed by atoms with Crippen LogP contribution in [0.2, 0.25) is 0 Å². The first-order valence-electron chi connectivity index (χ1n) is 9.27. The standard InChI is InChI=1S/C20H23N5O/c1-13-11-23-17-10-16(15-6-4-3-5-7-15)20(26)25(19(17)24-13)12-18-14(2)21-8-9-22-18/h8-11,15H,3-7,12H2,1-2H3. The van der Waals surface area contributed by atoms with Gasteiger partial charge in [-0.2, -0.15) is 0 Å². The third kappa shape index (κ3) is 3.11. The number of hydrogen-bond donors (Lipinski definition) is 0. The second-order valence-corrected chi connectivity index (χ2v) is 7.13. The van der Waals surface area contributed by atoms with E-state index in [0.29, 0.717) is 18.1 Å². The van der Waals surface area contributed by atoms with Crippen molar-refractivity contribution in [1.82, 2.24) is 24.5 Å². The van der Waals surface area contributed by atoms with Crippen molar-refractivity contribution in [3.8, 4) is 0 Å². The molecular weight excluding hydrogens is 326 g/mol. The summed E-state index contributed by atoms with van der Waals surface area (Å²) in [7, 11) is 0. The third-order valence-electron chi connectivity index (χ3n) is 5.28. The molecule has 1 saturated carbocycles. The second kappa shape index (κ2) is 6.94. The lowest BCUT2D eigenvalue weighted by molar-refractivity contribution is 0.439. The van der Waals surface area contributed by atoms with Crippen molar-refractivity contribution in [1.29, 1.82) is 0 Å². The lowest BCUT2D eigenvalue weighted by atomic mass is 9.84. The molecule has 0 atom stereocenters. The molecule has 134 valence electrons. The Bertz CT molecular complexity index is 1000. The normalized spacial score (nSPS) is 15.5. The molecule has 0 aliphatic heterocycles. The number of aromatic nitrogens is 5. The Morgan fingerprint density at radius 2 is 1.85 bits per heavy atom. The molecular formula is C20H23N5O. The molecule has 0 unspecified atom stereocenters. The maximum Gasteiger partial charge on any atom is 0.256 e. The summed E-state index contributed by atoms with van der Waals surface area (Å²) in [5.41, 5.74) is 4.73. The number of hydrogen-bond acceptors (Lipinski definition) is 5. The van der Waals surface area contributed by atoms with E-state index in [-0.39, 0.29) is 5.56 Å². The topological polar surface area (TPSA) is 73.6 Å². The fourth-order valence-corrected chi connectivity index (χ4v) is 3.83. The second-order valence-electron chi connectivity index (χ2n) is 7.13. The molecule has 3 aromatic rings. The lowest BCUT2D eigenvalue weighted by Crippen LogP contribution is -2.28. The summed E-state index contributed by atoms with van der Waals surface area (Å²) < 4.78 is 1.73. The Hall–Kier alpha value is -2.63. The molecule has 4 rings (SSSR count). The molecule has 6 heteroatoms. The Balaban J connectivity index is 1.90. The Morgan fingerprint density at radius 1 is 1.08 bits per heavy atom. The maximum atomic E-state index is 13.4. The van der Waals surface area contributed by atoms with Crippen molar-refractivity contribution >= 4 is 11.2 Å². The van der Waals surface area contributed by atoms with Gasteiger partial charge in [-0.1, -0.05) is 19.3 Å². The molecule has 1 fully saturated rings. The zero-order valence-corrected chi connectivity index (χ0v) is 15.3. The van der Waals surface area contributed by atoms with Crippen LogP contribution in [0.3, 0.4) is 0 Å². The van der Waals surface area contributed by atoms with Crippen molar-refractivity contribution in [2.24, 2.45) is 0 Å². The first kappa shape index (κ1) is 16.8. The summed E-state index contributed by atoms with van der Waals surface area (Å²) in [4.78, 5) is 31.2. The van der Waals surface area contributed by atoms with Crippen LogP contribution in [0.4, 0.5) is 0 Å². The van der Waals surface area contributed by atoms with Gasteiger partial charge in [0.15, 0.2) is 5.65 Å². The van der Waals surface area contributed by atoms with Crippen LogP contribution in [0.25, 0.3) is 11.2 Å². The van der Waals surface area contributed by atoms with Crippen LogP contribution >= 0.6 is 0 Å². The largest absolute Gasteiger partial charge is 0.285 e. The molecule has 0 aromatic carbocycles. The molecule has 26 heavy (non-hydrogen) atoms. The van der Waals surface area contributed by atoms with Gasteiger partial charge >= 0.3 is 0 Å². The van der Waals surface area contributed by atoms with E-state index in [4.69, 9.17) is 0 Å². The summed E-state index contributed by atoms with van der Waals surface area (Å²) in [5, 5.41) is 0. The monoisotopic (exact) mass is 349 g/mol. The average Bonchev–Trinajstić information content (AvgIpc) is 2.66. The van der Waals surface area contributed by atoms with Crippen LogP contribution < -0.4 is 5.56 Å². The fraction of sp³-hybridized carbons (Fsp3) is 0.450. The summed E-state index contributed by atoms with van der Waals surface area (Å²) in [6, 6.07) is 1.96. The van der Waals surface area contributed by atoms with E-state index in [0.717, 1.165) is 41.0 Å². The molecule has 6 nitrogen and oxygen atoms in total. The van der Waals surface area contributed by atoms with E-state index in [1.54, 1.807) is 23.2 Å². The molecule has 0 amide bonds. The van der Waals surface area contributed by atoms with Crippen molar-refractivity contribution in [2.75, 3.05) is 0 Å². The Kier molecular flexibility index (Phi) is 4.49. The molecule has 0 spiro atoms. The van der Waals surface area contributed by atoms with E-state index in [2.05, 4.69) is 19.9 Å². The smallest absolute Gasteiger partial charge is 0.256 e. The summed E-state index contributed by atoms with van der Waals surface area (Å²) in [5.74, 6) is 0.318. The van der Waals surface area contributed by atoms with Crippen LogP contribution in [-0.4, -0.2) is 24.5 Å². The number of pyridine rings is 1. The highest BCUT2D eigenvalue weighted by atomic mass is 16.1. The minimum atomic E-state index is 0.0364. The van der Waals surface area contributed by atoms with E-state index in [9.17, 15) is 4.79 Å². The van der Waals surface area contributed by atoms with Crippen molar-refractivity contribution in [3.05, 3.63) is 57.7 Å². The van der Waals surface area contributed by atoms with Crippen molar-refractivity contribution < 1.29 is 0 Å². The van der Waals surface area contributed by atoms with Gasteiger partial charge in [-0.15, -0.1) is 0 Å². The SMILES string of the molecule is Cc1cnc2cc(C3CCCCC3)c(=O)n(Cc3nccnc3C)c2n1. The van der Waals surface area contributed by atoms with Gasteiger partial charge < -0.3 is 0 Å². The molecule has 1 aliphatic carbocycles. The number of fused-ring (bicyclic) bond motifs is 1. The van der Waals surface area contributed by atoms with Crippen LogP contribution in [0.15, 0.2) is 29.5 Å². The minimum absolute atomic E-state index is 0.0364. The van der Waals surface area contributed by atoms with Crippen molar-refractivity contribution in [3.63, 3.8) is 0 Å². The predicted molar refractivity (Wildman–Crippen MR) is 100 cm³/mol. The zero-order chi connectivity index (χ0) is 18.1.